The Hall–Kier alpha value is -2.78. The van der Waals surface area contributed by atoms with Crippen molar-refractivity contribution < 1.29 is 9.13 Å². The lowest BCUT2D eigenvalue weighted by Gasteiger charge is -2.21. The summed E-state index contributed by atoms with van der Waals surface area (Å²) in [5.41, 5.74) is 3.40. The van der Waals surface area contributed by atoms with E-state index in [4.69, 9.17) is 19.8 Å². The fourth-order valence-corrected chi connectivity index (χ4v) is 3.77. The van der Waals surface area contributed by atoms with Gasteiger partial charge >= 0.3 is 0 Å². The molecule has 1 saturated heterocycles. The van der Waals surface area contributed by atoms with Crippen molar-refractivity contribution >= 4 is 28.5 Å². The Morgan fingerprint density at radius 2 is 1.97 bits per heavy atom. The van der Waals surface area contributed by atoms with Gasteiger partial charge in [0.05, 0.1) is 18.8 Å². The largest absolute Gasteiger partial charge is 0.380 e. The van der Waals surface area contributed by atoms with Crippen LogP contribution in [0, 0.1) is 5.82 Å². The Balaban J connectivity index is 1.80. The molecule has 0 atom stereocenters. The molecule has 1 aromatic carbocycles. The summed E-state index contributed by atoms with van der Waals surface area (Å²) in [5, 5.41) is 11.6. The summed E-state index contributed by atoms with van der Waals surface area (Å²) in [4.78, 5) is 12.1. The first kappa shape index (κ1) is 21.5. The van der Waals surface area contributed by atoms with E-state index in [2.05, 4.69) is 22.5 Å². The molecule has 1 aliphatic heterocycles. The summed E-state index contributed by atoms with van der Waals surface area (Å²) in [6.45, 7) is 9.53. The fourth-order valence-electron chi connectivity index (χ4n) is 3.77. The van der Waals surface area contributed by atoms with Crippen LogP contribution < -0.4 is 15.5 Å². The third kappa shape index (κ3) is 4.94. The zero-order valence-corrected chi connectivity index (χ0v) is 18.2. The number of aryl methyl sites for hydroxylation is 1. The molecular formula is C22H30FN7O. The van der Waals surface area contributed by atoms with Crippen LogP contribution in [0.25, 0.3) is 11.0 Å². The first-order valence-corrected chi connectivity index (χ1v) is 11.0. The number of halogens is 1. The monoisotopic (exact) mass is 427 g/mol. The summed E-state index contributed by atoms with van der Waals surface area (Å²) < 4.78 is 20.9. The number of hydrogen-bond acceptors (Lipinski definition) is 7. The van der Waals surface area contributed by atoms with E-state index >= 15 is 0 Å². The van der Waals surface area contributed by atoms with E-state index < -0.39 is 0 Å². The Morgan fingerprint density at radius 3 is 2.74 bits per heavy atom. The van der Waals surface area contributed by atoms with E-state index in [-0.39, 0.29) is 5.82 Å². The van der Waals surface area contributed by atoms with Gasteiger partial charge in [-0.3, -0.25) is 4.68 Å². The van der Waals surface area contributed by atoms with Crippen molar-refractivity contribution in [3.05, 3.63) is 35.8 Å². The van der Waals surface area contributed by atoms with Crippen molar-refractivity contribution in [2.45, 2.75) is 33.2 Å². The molecule has 3 aromatic rings. The molecule has 0 radical (unpaired) electrons. The van der Waals surface area contributed by atoms with Crippen molar-refractivity contribution in [3.63, 3.8) is 0 Å². The number of anilines is 3. The van der Waals surface area contributed by atoms with Crippen LogP contribution in [0.15, 0.2) is 24.3 Å². The minimum absolute atomic E-state index is 0.272. The first-order chi connectivity index (χ1) is 15.2. The zero-order chi connectivity index (χ0) is 21.6. The maximum absolute atomic E-state index is 13.4. The first-order valence-electron chi connectivity index (χ1n) is 11.0. The van der Waals surface area contributed by atoms with Crippen LogP contribution in [0.5, 0.6) is 0 Å². The third-order valence-electron chi connectivity index (χ3n) is 5.36. The van der Waals surface area contributed by atoms with Crippen LogP contribution in [0.3, 0.4) is 0 Å². The maximum atomic E-state index is 13.4. The highest BCUT2D eigenvalue weighted by atomic mass is 19.1. The number of fused-ring (bicyclic) bond motifs is 1. The smallest absolute Gasteiger partial charge is 0.228 e. The highest BCUT2D eigenvalue weighted by Gasteiger charge is 2.21. The zero-order valence-electron chi connectivity index (χ0n) is 18.2. The van der Waals surface area contributed by atoms with Gasteiger partial charge in [-0.25, -0.2) is 9.37 Å². The fraction of sp³-hybridized carbons (Fsp3) is 0.500. The number of nitrogens with zero attached hydrogens (tertiary/aromatic N) is 5. The van der Waals surface area contributed by atoms with Gasteiger partial charge in [-0.1, -0.05) is 6.92 Å². The number of aromatic nitrogens is 4. The van der Waals surface area contributed by atoms with Crippen LogP contribution in [0.4, 0.5) is 21.8 Å². The van der Waals surface area contributed by atoms with E-state index in [0.29, 0.717) is 31.5 Å². The van der Waals surface area contributed by atoms with Gasteiger partial charge in [0.25, 0.3) is 0 Å². The summed E-state index contributed by atoms with van der Waals surface area (Å²) in [6, 6.07) is 6.29. The van der Waals surface area contributed by atoms with E-state index in [1.54, 1.807) is 12.1 Å². The second kappa shape index (κ2) is 10.0. The topological polar surface area (TPSA) is 80.1 Å². The number of rotatable bonds is 8. The molecule has 4 rings (SSSR count). The number of hydrogen-bond donors (Lipinski definition) is 2. The van der Waals surface area contributed by atoms with Crippen molar-refractivity contribution in [2.24, 2.45) is 0 Å². The normalized spacial score (nSPS) is 14.7. The highest BCUT2D eigenvalue weighted by Crippen LogP contribution is 2.29. The predicted octanol–water partition coefficient (Wildman–Crippen LogP) is 3.11. The average Bonchev–Trinajstić information content (AvgIpc) is 2.94. The van der Waals surface area contributed by atoms with Gasteiger partial charge in [-0.2, -0.15) is 10.1 Å². The molecule has 0 aliphatic carbocycles. The lowest BCUT2D eigenvalue weighted by molar-refractivity contribution is 0.137. The van der Waals surface area contributed by atoms with Crippen LogP contribution in [-0.2, 0) is 17.7 Å². The van der Waals surface area contributed by atoms with E-state index in [9.17, 15) is 4.39 Å². The van der Waals surface area contributed by atoms with Crippen LogP contribution in [0.1, 0.15) is 26.0 Å². The van der Waals surface area contributed by atoms with Crippen LogP contribution in [0.2, 0.25) is 0 Å². The Bertz CT molecular complexity index is 997. The minimum Gasteiger partial charge on any atom is -0.380 e. The second-order valence-electron chi connectivity index (χ2n) is 7.51. The van der Waals surface area contributed by atoms with E-state index in [0.717, 1.165) is 61.4 Å². The molecule has 0 spiro atoms. The van der Waals surface area contributed by atoms with Crippen LogP contribution >= 0.6 is 0 Å². The minimum atomic E-state index is -0.272. The number of benzene rings is 1. The molecule has 31 heavy (non-hydrogen) atoms. The van der Waals surface area contributed by atoms with Crippen molar-refractivity contribution in [2.75, 3.05) is 49.6 Å². The third-order valence-corrected chi connectivity index (χ3v) is 5.36. The standard InChI is InChI=1S/C22H30FN7O/c1-3-18-19-20(30(28-18)14-15-31-4-2)21(25-17-8-6-16(23)7-9-17)27-22(26-19)29-12-5-10-24-11-13-29/h6-9,24H,3-5,10-15H2,1-2H3,(H,25,26,27). The summed E-state index contributed by atoms with van der Waals surface area (Å²) in [6.07, 6.45) is 1.81. The SMILES string of the molecule is CCOCCn1nc(CC)c2nc(N3CCCNCC3)nc(Nc3ccc(F)cc3)c21. The predicted molar refractivity (Wildman–Crippen MR) is 121 cm³/mol. The maximum Gasteiger partial charge on any atom is 0.228 e. The quantitative estimate of drug-likeness (QED) is 0.535. The molecule has 166 valence electrons. The molecule has 9 heteroatoms. The van der Waals surface area contributed by atoms with E-state index in [1.165, 1.54) is 12.1 Å². The van der Waals surface area contributed by atoms with Gasteiger partial charge in [-0.05, 0) is 50.6 Å². The second-order valence-corrected chi connectivity index (χ2v) is 7.51. The van der Waals surface area contributed by atoms with Gasteiger partial charge in [0.15, 0.2) is 5.82 Å². The number of nitrogens with one attached hydrogen (secondary N) is 2. The van der Waals surface area contributed by atoms with Gasteiger partial charge in [0.2, 0.25) is 5.95 Å². The lowest BCUT2D eigenvalue weighted by Crippen LogP contribution is -2.29. The van der Waals surface area contributed by atoms with Gasteiger partial charge in [0, 0.05) is 31.9 Å². The Morgan fingerprint density at radius 1 is 1.13 bits per heavy atom. The molecule has 0 unspecified atom stereocenters. The summed E-state index contributed by atoms with van der Waals surface area (Å²) >= 11 is 0. The van der Waals surface area contributed by atoms with E-state index in [1.807, 2.05) is 11.6 Å². The van der Waals surface area contributed by atoms with Crippen LogP contribution in [-0.4, -0.2) is 59.1 Å². The van der Waals surface area contributed by atoms with Crippen molar-refractivity contribution in [1.29, 1.82) is 0 Å². The van der Waals surface area contributed by atoms with Crippen molar-refractivity contribution in [1.82, 2.24) is 25.1 Å². The Labute approximate surface area is 181 Å². The van der Waals surface area contributed by atoms with Gasteiger partial charge in [-0.15, -0.1) is 0 Å². The number of ether oxygens (including phenoxy) is 1. The molecular weight excluding hydrogens is 397 g/mol. The molecule has 0 saturated carbocycles. The molecule has 2 N–H and O–H groups in total. The molecule has 8 nitrogen and oxygen atoms in total. The van der Waals surface area contributed by atoms with Gasteiger partial charge < -0.3 is 20.3 Å². The molecule has 0 amide bonds. The summed E-state index contributed by atoms with van der Waals surface area (Å²) in [7, 11) is 0. The lowest BCUT2D eigenvalue weighted by atomic mass is 10.2. The molecule has 3 heterocycles. The average molecular weight is 428 g/mol. The molecule has 0 bridgehead atoms. The molecule has 2 aromatic heterocycles. The Kier molecular flexibility index (Phi) is 6.93. The molecule has 1 aliphatic rings. The summed E-state index contributed by atoms with van der Waals surface area (Å²) in [5.74, 6) is 1.10. The van der Waals surface area contributed by atoms with Gasteiger partial charge in [0.1, 0.15) is 16.9 Å². The highest BCUT2D eigenvalue weighted by molar-refractivity contribution is 5.90. The molecule has 1 fully saturated rings. The van der Waals surface area contributed by atoms with Crippen molar-refractivity contribution in [3.8, 4) is 0 Å².